The summed E-state index contributed by atoms with van der Waals surface area (Å²) in [6.45, 7) is 7.46. The molecule has 1 N–H and O–H groups in total. The molecule has 2 aromatic rings. The van der Waals surface area contributed by atoms with Crippen molar-refractivity contribution < 1.29 is 4.74 Å². The first kappa shape index (κ1) is 16.2. The summed E-state index contributed by atoms with van der Waals surface area (Å²) in [6, 6.07) is 9.25. The Bertz CT molecular complexity index is 693. The number of aromatic nitrogens is 2. The van der Waals surface area contributed by atoms with Gasteiger partial charge >= 0.3 is 0 Å². The van der Waals surface area contributed by atoms with Gasteiger partial charge in [0.2, 0.25) is 5.43 Å². The van der Waals surface area contributed by atoms with E-state index in [9.17, 15) is 4.79 Å². The summed E-state index contributed by atoms with van der Waals surface area (Å²) in [5.41, 5.74) is 2.16. The number of benzene rings is 1. The standard InChI is InChI=1S/C17H23N3O2/c1-12(2)10-18-11-16-17(21)8-13(3)20(19-16)14-6-5-7-15(9-14)22-4/h5-9,12,18H,10-11H2,1-4H3. The molecule has 0 aliphatic carbocycles. The van der Waals surface area contributed by atoms with Crippen LogP contribution in [0, 0.1) is 12.8 Å². The first-order valence-corrected chi connectivity index (χ1v) is 7.46. The first-order chi connectivity index (χ1) is 10.5. The predicted octanol–water partition coefficient (Wildman–Crippen LogP) is 2.30. The molecule has 0 aliphatic rings. The normalized spacial score (nSPS) is 11.0. The smallest absolute Gasteiger partial charge is 0.204 e. The summed E-state index contributed by atoms with van der Waals surface area (Å²) in [6.07, 6.45) is 0. The molecule has 0 saturated heterocycles. The van der Waals surface area contributed by atoms with Crippen LogP contribution in [0.15, 0.2) is 35.1 Å². The fraction of sp³-hybridized carbons (Fsp3) is 0.412. The minimum atomic E-state index is -0.0343. The van der Waals surface area contributed by atoms with Gasteiger partial charge in [-0.3, -0.25) is 4.79 Å². The minimum absolute atomic E-state index is 0.0343. The monoisotopic (exact) mass is 301 g/mol. The fourth-order valence-electron chi connectivity index (χ4n) is 2.19. The van der Waals surface area contributed by atoms with Crippen LogP contribution in [-0.2, 0) is 6.54 Å². The van der Waals surface area contributed by atoms with Gasteiger partial charge in [0.25, 0.3) is 0 Å². The quantitative estimate of drug-likeness (QED) is 0.889. The molecule has 22 heavy (non-hydrogen) atoms. The Hall–Kier alpha value is -2.14. The van der Waals surface area contributed by atoms with Gasteiger partial charge in [-0.2, -0.15) is 5.10 Å². The third-order valence-electron chi connectivity index (χ3n) is 3.32. The number of ether oxygens (including phenoxy) is 1. The van der Waals surface area contributed by atoms with Gasteiger partial charge in [-0.05, 0) is 31.5 Å². The van der Waals surface area contributed by atoms with Crippen molar-refractivity contribution in [3.8, 4) is 11.4 Å². The molecule has 5 heteroatoms. The summed E-state index contributed by atoms with van der Waals surface area (Å²) < 4.78 is 7.02. The third kappa shape index (κ3) is 3.95. The molecule has 2 rings (SSSR count). The van der Waals surface area contributed by atoms with Gasteiger partial charge in [-0.25, -0.2) is 4.68 Å². The maximum absolute atomic E-state index is 12.1. The van der Waals surface area contributed by atoms with Crippen LogP contribution in [0.25, 0.3) is 5.69 Å². The van der Waals surface area contributed by atoms with Crippen LogP contribution in [0.4, 0.5) is 0 Å². The Balaban J connectivity index is 2.33. The number of hydrogen-bond donors (Lipinski definition) is 1. The Kier molecular flexibility index (Phi) is 5.33. The molecular formula is C17H23N3O2. The van der Waals surface area contributed by atoms with Crippen molar-refractivity contribution in [2.24, 2.45) is 5.92 Å². The lowest BCUT2D eigenvalue weighted by Crippen LogP contribution is -2.26. The molecule has 1 aromatic heterocycles. The lowest BCUT2D eigenvalue weighted by molar-refractivity contribution is 0.414. The van der Waals surface area contributed by atoms with Crippen LogP contribution in [0.3, 0.4) is 0 Å². The van der Waals surface area contributed by atoms with Crippen LogP contribution in [0.2, 0.25) is 0 Å². The van der Waals surface area contributed by atoms with E-state index in [0.717, 1.165) is 23.7 Å². The van der Waals surface area contributed by atoms with Gasteiger partial charge in [0.15, 0.2) is 0 Å². The minimum Gasteiger partial charge on any atom is -0.497 e. The van der Waals surface area contributed by atoms with Crippen LogP contribution in [0.5, 0.6) is 5.75 Å². The molecule has 1 heterocycles. The highest BCUT2D eigenvalue weighted by Gasteiger charge is 2.08. The topological polar surface area (TPSA) is 56.1 Å². The van der Waals surface area contributed by atoms with Crippen LogP contribution >= 0.6 is 0 Å². The van der Waals surface area contributed by atoms with Crippen LogP contribution in [0.1, 0.15) is 25.2 Å². The first-order valence-electron chi connectivity index (χ1n) is 7.46. The van der Waals surface area contributed by atoms with Crippen molar-refractivity contribution in [3.05, 3.63) is 51.9 Å². The van der Waals surface area contributed by atoms with Crippen molar-refractivity contribution >= 4 is 0 Å². The van der Waals surface area contributed by atoms with E-state index in [4.69, 9.17) is 4.74 Å². The van der Waals surface area contributed by atoms with E-state index in [1.54, 1.807) is 17.9 Å². The third-order valence-corrected chi connectivity index (χ3v) is 3.32. The Labute approximate surface area is 130 Å². The predicted molar refractivity (Wildman–Crippen MR) is 87.7 cm³/mol. The van der Waals surface area contributed by atoms with E-state index in [0.29, 0.717) is 18.2 Å². The van der Waals surface area contributed by atoms with Gasteiger partial charge < -0.3 is 10.1 Å². The van der Waals surface area contributed by atoms with E-state index < -0.39 is 0 Å². The summed E-state index contributed by atoms with van der Waals surface area (Å²) >= 11 is 0. The lowest BCUT2D eigenvalue weighted by atomic mass is 10.2. The highest BCUT2D eigenvalue weighted by molar-refractivity contribution is 5.39. The second-order valence-electron chi connectivity index (χ2n) is 5.73. The van der Waals surface area contributed by atoms with Gasteiger partial charge in [-0.1, -0.05) is 19.9 Å². The Morgan fingerprint density at radius 2 is 2.09 bits per heavy atom. The Morgan fingerprint density at radius 1 is 1.32 bits per heavy atom. The molecule has 5 nitrogen and oxygen atoms in total. The number of rotatable bonds is 6. The summed E-state index contributed by atoms with van der Waals surface area (Å²) in [5, 5.41) is 7.76. The number of nitrogens with zero attached hydrogens (tertiary/aromatic N) is 2. The molecule has 1 aromatic carbocycles. The van der Waals surface area contributed by atoms with Gasteiger partial charge in [0.05, 0.1) is 12.8 Å². The Morgan fingerprint density at radius 3 is 2.77 bits per heavy atom. The van der Waals surface area contributed by atoms with E-state index in [1.807, 2.05) is 31.2 Å². The second kappa shape index (κ2) is 7.22. The lowest BCUT2D eigenvalue weighted by Gasteiger charge is -2.13. The van der Waals surface area contributed by atoms with Gasteiger partial charge in [0, 0.05) is 24.4 Å². The number of nitrogens with one attached hydrogen (secondary N) is 1. The summed E-state index contributed by atoms with van der Waals surface area (Å²) in [5.74, 6) is 1.29. The average molecular weight is 301 g/mol. The zero-order chi connectivity index (χ0) is 16.1. The largest absolute Gasteiger partial charge is 0.497 e. The molecule has 0 unspecified atom stereocenters. The molecule has 0 bridgehead atoms. The molecule has 0 saturated carbocycles. The second-order valence-corrected chi connectivity index (χ2v) is 5.73. The fourth-order valence-corrected chi connectivity index (χ4v) is 2.19. The van der Waals surface area contributed by atoms with E-state index in [1.165, 1.54) is 0 Å². The highest BCUT2D eigenvalue weighted by Crippen LogP contribution is 2.16. The SMILES string of the molecule is COc1cccc(-n2nc(CNCC(C)C)c(=O)cc2C)c1. The zero-order valence-electron chi connectivity index (χ0n) is 13.6. The van der Waals surface area contributed by atoms with E-state index >= 15 is 0 Å². The van der Waals surface area contributed by atoms with Crippen molar-refractivity contribution in [2.45, 2.75) is 27.3 Å². The van der Waals surface area contributed by atoms with Crippen molar-refractivity contribution in [2.75, 3.05) is 13.7 Å². The average Bonchev–Trinajstić information content (AvgIpc) is 2.49. The van der Waals surface area contributed by atoms with Crippen LogP contribution < -0.4 is 15.5 Å². The van der Waals surface area contributed by atoms with E-state index in [-0.39, 0.29) is 5.43 Å². The van der Waals surface area contributed by atoms with Crippen molar-refractivity contribution in [1.82, 2.24) is 15.1 Å². The van der Waals surface area contributed by atoms with Crippen molar-refractivity contribution in [1.29, 1.82) is 0 Å². The maximum atomic E-state index is 12.1. The highest BCUT2D eigenvalue weighted by atomic mass is 16.5. The summed E-state index contributed by atoms with van der Waals surface area (Å²) in [4.78, 5) is 12.1. The van der Waals surface area contributed by atoms with Gasteiger partial charge in [0.1, 0.15) is 11.4 Å². The molecule has 0 atom stereocenters. The number of aryl methyl sites for hydroxylation is 1. The molecular weight excluding hydrogens is 278 g/mol. The van der Waals surface area contributed by atoms with Crippen LogP contribution in [-0.4, -0.2) is 23.4 Å². The molecule has 0 amide bonds. The van der Waals surface area contributed by atoms with Gasteiger partial charge in [-0.15, -0.1) is 0 Å². The number of methoxy groups -OCH3 is 1. The summed E-state index contributed by atoms with van der Waals surface area (Å²) in [7, 11) is 1.63. The molecule has 0 radical (unpaired) electrons. The molecule has 0 spiro atoms. The molecule has 0 fully saturated rings. The molecule has 118 valence electrons. The number of hydrogen-bond acceptors (Lipinski definition) is 4. The maximum Gasteiger partial charge on any atom is 0.204 e. The zero-order valence-corrected chi connectivity index (χ0v) is 13.6. The van der Waals surface area contributed by atoms with Crippen molar-refractivity contribution in [3.63, 3.8) is 0 Å². The molecule has 0 aliphatic heterocycles. The van der Waals surface area contributed by atoms with E-state index in [2.05, 4.69) is 24.3 Å².